The highest BCUT2D eigenvalue weighted by molar-refractivity contribution is 7.47. The van der Waals surface area contributed by atoms with Gasteiger partial charge >= 0.3 is 19.8 Å². The van der Waals surface area contributed by atoms with E-state index in [1.165, 1.54) is 199 Å². The van der Waals surface area contributed by atoms with Gasteiger partial charge < -0.3 is 18.9 Å². The second-order valence-corrected chi connectivity index (χ2v) is 25.0. The molecule has 0 saturated carbocycles. The molecule has 78 heavy (non-hydrogen) atoms. The molecule has 0 aliphatic rings. The van der Waals surface area contributed by atoms with Crippen LogP contribution in [0.1, 0.15) is 309 Å². The first-order valence-corrected chi connectivity index (χ1v) is 34.5. The van der Waals surface area contributed by atoms with Gasteiger partial charge in [0.05, 0.1) is 27.7 Å². The van der Waals surface area contributed by atoms with Gasteiger partial charge in [-0.3, -0.25) is 18.6 Å². The monoisotopic (exact) mass is 1120 g/mol. The quantitative estimate of drug-likeness (QED) is 0.0211. The van der Waals surface area contributed by atoms with Gasteiger partial charge in [-0.15, -0.1) is 0 Å². The number of quaternary nitrogens is 1. The SMILES string of the molecule is CCC/C=C\C/C=C\CCCCCCCC(=O)OCC(COP(=O)(O)OCC[N+](C)(C)C)OC(=O)CCCCCCCCCCCCCCCCCCCCCCCCCCCC/C=C\C/C=C\C/C=C\CCCCCCC. The van der Waals surface area contributed by atoms with Gasteiger partial charge in [-0.2, -0.15) is 0 Å². The molecule has 0 aliphatic carbocycles. The number of carbonyl (C=O) groups excluding carboxylic acids is 2. The number of hydrogen-bond acceptors (Lipinski definition) is 7. The average molecular weight is 1120 g/mol. The summed E-state index contributed by atoms with van der Waals surface area (Å²) in [5, 5.41) is 0. The van der Waals surface area contributed by atoms with E-state index < -0.39 is 26.5 Å². The summed E-state index contributed by atoms with van der Waals surface area (Å²) in [4.78, 5) is 35.6. The lowest BCUT2D eigenvalue weighted by atomic mass is 10.0. The zero-order valence-corrected chi connectivity index (χ0v) is 52.8. The number of esters is 2. The summed E-state index contributed by atoms with van der Waals surface area (Å²) in [6.45, 7) is 4.36. The zero-order chi connectivity index (χ0) is 57.0. The molecule has 0 fully saturated rings. The van der Waals surface area contributed by atoms with E-state index in [9.17, 15) is 19.0 Å². The number of phosphoric ester groups is 1. The van der Waals surface area contributed by atoms with E-state index in [2.05, 4.69) is 74.6 Å². The van der Waals surface area contributed by atoms with Gasteiger partial charge in [0.15, 0.2) is 6.10 Å². The van der Waals surface area contributed by atoms with Gasteiger partial charge in [-0.1, -0.05) is 280 Å². The van der Waals surface area contributed by atoms with Crippen LogP contribution in [0.2, 0.25) is 0 Å². The molecular weight excluding hydrogens is 990 g/mol. The lowest BCUT2D eigenvalue weighted by molar-refractivity contribution is -0.870. The van der Waals surface area contributed by atoms with Gasteiger partial charge in [0.1, 0.15) is 19.8 Å². The van der Waals surface area contributed by atoms with Crippen molar-refractivity contribution in [2.45, 2.75) is 315 Å². The summed E-state index contributed by atoms with van der Waals surface area (Å²) < 4.78 is 34.5. The van der Waals surface area contributed by atoms with Gasteiger partial charge in [0.25, 0.3) is 0 Å². The fraction of sp³-hybridized carbons (Fsp3) is 0.824. The number of ether oxygens (including phenoxy) is 2. The number of unbranched alkanes of at least 4 members (excludes halogenated alkanes) is 37. The number of phosphoric acid groups is 1. The van der Waals surface area contributed by atoms with Crippen LogP contribution in [0, 0.1) is 0 Å². The van der Waals surface area contributed by atoms with Gasteiger partial charge in [0, 0.05) is 12.8 Å². The Bertz CT molecular complexity index is 1500. The van der Waals surface area contributed by atoms with Crippen LogP contribution < -0.4 is 0 Å². The second-order valence-electron chi connectivity index (χ2n) is 23.5. The highest BCUT2D eigenvalue weighted by Crippen LogP contribution is 2.43. The van der Waals surface area contributed by atoms with Crippen molar-refractivity contribution in [1.82, 2.24) is 0 Å². The minimum Gasteiger partial charge on any atom is -0.462 e. The van der Waals surface area contributed by atoms with Gasteiger partial charge in [-0.05, 0) is 77.0 Å². The number of nitrogens with zero attached hydrogens (tertiary/aromatic N) is 1. The highest BCUT2D eigenvalue weighted by Gasteiger charge is 2.27. The van der Waals surface area contributed by atoms with Crippen molar-refractivity contribution in [3.05, 3.63) is 60.8 Å². The molecule has 0 aliphatic heterocycles. The zero-order valence-electron chi connectivity index (χ0n) is 51.9. The Hall–Kier alpha value is -2.29. The Morgan fingerprint density at radius 1 is 0.397 bits per heavy atom. The Morgan fingerprint density at radius 2 is 0.718 bits per heavy atom. The molecule has 456 valence electrons. The van der Waals surface area contributed by atoms with Crippen molar-refractivity contribution in [1.29, 1.82) is 0 Å². The van der Waals surface area contributed by atoms with Crippen molar-refractivity contribution in [3.63, 3.8) is 0 Å². The van der Waals surface area contributed by atoms with Crippen LogP contribution in [0.5, 0.6) is 0 Å². The molecule has 0 amide bonds. The minimum atomic E-state index is -4.39. The van der Waals surface area contributed by atoms with Crippen LogP contribution in [0.4, 0.5) is 0 Å². The molecule has 0 heterocycles. The first kappa shape index (κ1) is 75.7. The van der Waals surface area contributed by atoms with Crippen LogP contribution in [-0.4, -0.2) is 74.9 Å². The molecule has 0 rings (SSSR count). The van der Waals surface area contributed by atoms with Gasteiger partial charge in [-0.25, -0.2) is 4.57 Å². The lowest BCUT2D eigenvalue weighted by Gasteiger charge is -2.24. The molecule has 10 heteroatoms. The van der Waals surface area contributed by atoms with E-state index in [1.807, 2.05) is 21.1 Å². The highest BCUT2D eigenvalue weighted by atomic mass is 31.2. The molecule has 0 spiro atoms. The molecule has 2 atom stereocenters. The Morgan fingerprint density at radius 3 is 1.08 bits per heavy atom. The predicted molar refractivity (Wildman–Crippen MR) is 335 cm³/mol. The molecular formula is C68H127NO8P+. The Kier molecular flexibility index (Phi) is 57.6. The molecule has 0 aromatic rings. The van der Waals surface area contributed by atoms with E-state index in [1.54, 1.807) is 0 Å². The first-order chi connectivity index (χ1) is 38.0. The van der Waals surface area contributed by atoms with E-state index in [0.29, 0.717) is 17.4 Å². The molecule has 0 aromatic heterocycles. The number of carbonyl (C=O) groups is 2. The summed E-state index contributed by atoms with van der Waals surface area (Å²) in [7, 11) is 1.48. The smallest absolute Gasteiger partial charge is 0.462 e. The molecule has 0 bridgehead atoms. The second kappa shape index (κ2) is 59.3. The van der Waals surface area contributed by atoms with Crippen molar-refractivity contribution in [2.75, 3.05) is 47.5 Å². The van der Waals surface area contributed by atoms with Crippen molar-refractivity contribution in [2.24, 2.45) is 0 Å². The third-order valence-corrected chi connectivity index (χ3v) is 15.5. The normalized spacial score (nSPS) is 13.6. The number of rotatable bonds is 61. The number of allylic oxidation sites excluding steroid dienone is 10. The summed E-state index contributed by atoms with van der Waals surface area (Å²) in [6, 6.07) is 0. The van der Waals surface area contributed by atoms with Crippen LogP contribution >= 0.6 is 7.82 Å². The predicted octanol–water partition coefficient (Wildman–Crippen LogP) is 21.0. The van der Waals surface area contributed by atoms with Crippen LogP contribution in [0.3, 0.4) is 0 Å². The summed E-state index contributed by atoms with van der Waals surface area (Å²) in [5.74, 6) is -0.804. The Balaban J connectivity index is 3.85. The maximum Gasteiger partial charge on any atom is 0.472 e. The van der Waals surface area contributed by atoms with E-state index in [4.69, 9.17) is 18.5 Å². The number of likely N-dealkylation sites (N-methyl/N-ethyl adjacent to an activating group) is 1. The van der Waals surface area contributed by atoms with Crippen LogP contribution in [0.25, 0.3) is 0 Å². The third kappa shape index (κ3) is 62.9. The summed E-state index contributed by atoms with van der Waals surface area (Å²) in [5.41, 5.74) is 0. The molecule has 2 unspecified atom stereocenters. The average Bonchev–Trinajstić information content (AvgIpc) is 3.40. The topological polar surface area (TPSA) is 108 Å². The fourth-order valence-electron chi connectivity index (χ4n) is 9.42. The largest absolute Gasteiger partial charge is 0.472 e. The summed E-state index contributed by atoms with van der Waals surface area (Å²) in [6.07, 6.45) is 77.8. The molecule has 1 N–H and O–H groups in total. The van der Waals surface area contributed by atoms with E-state index in [0.717, 1.165) is 77.0 Å². The van der Waals surface area contributed by atoms with Crippen LogP contribution in [-0.2, 0) is 32.7 Å². The summed E-state index contributed by atoms with van der Waals surface area (Å²) >= 11 is 0. The van der Waals surface area contributed by atoms with Crippen LogP contribution in [0.15, 0.2) is 60.8 Å². The lowest BCUT2D eigenvalue weighted by Crippen LogP contribution is -2.37. The fourth-order valence-corrected chi connectivity index (χ4v) is 10.2. The number of hydrogen-bond donors (Lipinski definition) is 1. The molecule has 0 aromatic carbocycles. The molecule has 0 radical (unpaired) electrons. The van der Waals surface area contributed by atoms with Crippen molar-refractivity contribution >= 4 is 19.8 Å². The Labute approximate surface area is 483 Å². The maximum absolute atomic E-state index is 12.8. The van der Waals surface area contributed by atoms with E-state index >= 15 is 0 Å². The molecule has 0 saturated heterocycles. The minimum absolute atomic E-state index is 0.0298. The maximum atomic E-state index is 12.8. The third-order valence-electron chi connectivity index (χ3n) is 14.5. The standard InChI is InChI=1S/C68H126NO8P/c1-6-8-10-12-14-16-18-20-21-22-23-24-25-26-27-28-29-30-31-32-33-34-35-36-37-38-39-40-41-42-43-44-45-46-47-49-51-53-55-57-59-61-68(71)77-66(65-76-78(72,73)75-63-62-69(3,4)5)64-74-67(70)60-58-56-54-52-50-48-19-17-15-13-11-9-7-2/h11,13,17-20,22-23,25-26,66H,6-10,12,14-16,21,24,27-65H2,1-5H3/p+1/b13-11-,19-17-,20-18-,23-22-,26-25-. The molecule has 9 nitrogen and oxygen atoms in total. The first-order valence-electron chi connectivity index (χ1n) is 33.0. The van der Waals surface area contributed by atoms with Crippen molar-refractivity contribution < 1.29 is 42.1 Å². The van der Waals surface area contributed by atoms with Gasteiger partial charge in [0.2, 0.25) is 0 Å². The van der Waals surface area contributed by atoms with Crippen molar-refractivity contribution in [3.8, 4) is 0 Å². The van der Waals surface area contributed by atoms with E-state index in [-0.39, 0.29) is 32.0 Å².